The van der Waals surface area contributed by atoms with Crippen LogP contribution in [0.5, 0.6) is 0 Å². The van der Waals surface area contributed by atoms with E-state index in [0.29, 0.717) is 12.2 Å². The third kappa shape index (κ3) is 4.64. The van der Waals surface area contributed by atoms with Crippen molar-refractivity contribution >= 4 is 5.69 Å². The number of halogens is 3. The summed E-state index contributed by atoms with van der Waals surface area (Å²) in [7, 11) is 0. The molecule has 1 aromatic rings. The second-order valence-corrected chi connectivity index (χ2v) is 4.82. The van der Waals surface area contributed by atoms with Crippen LogP contribution >= 0.6 is 0 Å². The molecule has 3 nitrogen and oxygen atoms in total. The average molecular weight is 299 g/mol. The Bertz CT molecular complexity index is 502. The minimum atomic E-state index is -4.43. The highest BCUT2D eigenvalue weighted by atomic mass is 19.4. The Morgan fingerprint density at radius 3 is 2.38 bits per heavy atom. The van der Waals surface area contributed by atoms with Gasteiger partial charge in [0.25, 0.3) is 0 Å². The molecule has 0 aliphatic carbocycles. The van der Waals surface area contributed by atoms with Gasteiger partial charge in [-0.1, -0.05) is 13.8 Å². The molecular weight excluding hydrogens is 279 g/mol. The number of hydrogen-bond donors (Lipinski definition) is 1. The second kappa shape index (κ2) is 7.32. The molecule has 21 heavy (non-hydrogen) atoms. The second-order valence-electron chi connectivity index (χ2n) is 4.82. The van der Waals surface area contributed by atoms with Gasteiger partial charge in [-0.15, -0.1) is 0 Å². The van der Waals surface area contributed by atoms with E-state index in [0.717, 1.165) is 25.2 Å². The van der Waals surface area contributed by atoms with Crippen LogP contribution < -0.4 is 5.32 Å². The number of anilines is 1. The third-order valence-corrected chi connectivity index (χ3v) is 3.49. The summed E-state index contributed by atoms with van der Waals surface area (Å²) in [5.41, 5.74) is -0.359. The first-order valence-corrected chi connectivity index (χ1v) is 6.92. The van der Waals surface area contributed by atoms with Gasteiger partial charge < -0.3 is 5.32 Å². The molecule has 0 fully saturated rings. The van der Waals surface area contributed by atoms with E-state index in [1.165, 1.54) is 6.07 Å². The van der Waals surface area contributed by atoms with Crippen LogP contribution in [0.2, 0.25) is 0 Å². The zero-order chi connectivity index (χ0) is 16.0. The monoisotopic (exact) mass is 299 g/mol. The number of rotatable bonds is 6. The molecule has 1 rings (SSSR count). The summed E-state index contributed by atoms with van der Waals surface area (Å²) < 4.78 is 37.8. The zero-order valence-electron chi connectivity index (χ0n) is 12.5. The van der Waals surface area contributed by atoms with Gasteiger partial charge in [-0.2, -0.15) is 18.4 Å². The van der Waals surface area contributed by atoms with Gasteiger partial charge in [-0.05, 0) is 38.2 Å². The largest absolute Gasteiger partial charge is 0.416 e. The highest BCUT2D eigenvalue weighted by Gasteiger charge is 2.31. The van der Waals surface area contributed by atoms with E-state index in [1.807, 2.05) is 13.0 Å². The van der Waals surface area contributed by atoms with Crippen molar-refractivity contribution in [1.82, 2.24) is 4.90 Å². The van der Waals surface area contributed by atoms with Crippen LogP contribution in [0.4, 0.5) is 18.9 Å². The van der Waals surface area contributed by atoms with Gasteiger partial charge in [0, 0.05) is 12.6 Å². The molecule has 0 heterocycles. The molecule has 1 N–H and O–H groups in total. The van der Waals surface area contributed by atoms with Crippen LogP contribution in [0, 0.1) is 11.3 Å². The first-order chi connectivity index (χ1) is 9.83. The van der Waals surface area contributed by atoms with Crippen molar-refractivity contribution in [2.45, 2.75) is 33.0 Å². The topological polar surface area (TPSA) is 39.1 Å². The summed E-state index contributed by atoms with van der Waals surface area (Å²) in [6.45, 7) is 8.52. The van der Waals surface area contributed by atoms with Crippen molar-refractivity contribution in [2.75, 3.05) is 25.0 Å². The molecule has 1 atom stereocenters. The Morgan fingerprint density at radius 1 is 1.29 bits per heavy atom. The summed E-state index contributed by atoms with van der Waals surface area (Å²) in [4.78, 5) is 2.23. The zero-order valence-corrected chi connectivity index (χ0v) is 12.5. The number of likely N-dealkylation sites (N-methyl/N-ethyl adjacent to an activating group) is 1. The summed E-state index contributed by atoms with van der Waals surface area (Å²) in [6.07, 6.45) is -4.43. The summed E-state index contributed by atoms with van der Waals surface area (Å²) in [6, 6.07) is 5.23. The number of nitrogens with one attached hydrogen (secondary N) is 1. The molecule has 0 saturated heterocycles. The molecule has 1 unspecified atom stereocenters. The fourth-order valence-corrected chi connectivity index (χ4v) is 2.20. The van der Waals surface area contributed by atoms with Crippen molar-refractivity contribution < 1.29 is 13.2 Å². The molecule has 0 aliphatic heterocycles. The summed E-state index contributed by atoms with van der Waals surface area (Å²) >= 11 is 0. The number of hydrogen-bond acceptors (Lipinski definition) is 3. The molecular formula is C15H20F3N3. The number of benzene rings is 1. The molecule has 0 aliphatic rings. The van der Waals surface area contributed by atoms with Crippen LogP contribution in [-0.2, 0) is 6.18 Å². The molecule has 0 bridgehead atoms. The molecule has 0 spiro atoms. The van der Waals surface area contributed by atoms with Gasteiger partial charge >= 0.3 is 6.18 Å². The quantitative estimate of drug-likeness (QED) is 0.870. The molecule has 0 aromatic heterocycles. The van der Waals surface area contributed by atoms with Crippen molar-refractivity contribution in [3.63, 3.8) is 0 Å². The van der Waals surface area contributed by atoms with Crippen LogP contribution in [0.25, 0.3) is 0 Å². The van der Waals surface area contributed by atoms with Crippen LogP contribution in [0.3, 0.4) is 0 Å². The lowest BCUT2D eigenvalue weighted by atomic mass is 10.1. The van der Waals surface area contributed by atoms with Crippen LogP contribution in [0.1, 0.15) is 31.9 Å². The fourth-order valence-electron chi connectivity index (χ4n) is 2.20. The lowest BCUT2D eigenvalue weighted by molar-refractivity contribution is -0.137. The molecule has 0 saturated carbocycles. The average Bonchev–Trinajstić information content (AvgIpc) is 2.45. The first kappa shape index (κ1) is 17.3. The SMILES string of the molecule is CCN(CC)C(C)CNc1ccc(C(F)(F)F)cc1C#N. The van der Waals surface area contributed by atoms with Gasteiger partial charge in [-0.3, -0.25) is 4.90 Å². The van der Waals surface area contributed by atoms with Crippen molar-refractivity contribution in [3.05, 3.63) is 29.3 Å². The Morgan fingerprint density at radius 2 is 1.90 bits per heavy atom. The van der Waals surface area contributed by atoms with Crippen molar-refractivity contribution in [1.29, 1.82) is 5.26 Å². The van der Waals surface area contributed by atoms with Gasteiger partial charge in [0.1, 0.15) is 6.07 Å². The van der Waals surface area contributed by atoms with E-state index in [1.54, 1.807) is 0 Å². The maximum Gasteiger partial charge on any atom is 0.416 e. The maximum absolute atomic E-state index is 12.6. The third-order valence-electron chi connectivity index (χ3n) is 3.49. The molecule has 116 valence electrons. The van der Waals surface area contributed by atoms with Crippen molar-refractivity contribution in [2.24, 2.45) is 0 Å². The minimum Gasteiger partial charge on any atom is -0.382 e. The number of nitrogens with zero attached hydrogens (tertiary/aromatic N) is 2. The molecule has 6 heteroatoms. The van der Waals surface area contributed by atoms with Gasteiger partial charge in [0.05, 0.1) is 16.8 Å². The van der Waals surface area contributed by atoms with E-state index < -0.39 is 11.7 Å². The normalized spacial score (nSPS) is 13.0. The van der Waals surface area contributed by atoms with Crippen LogP contribution in [-0.4, -0.2) is 30.6 Å². The van der Waals surface area contributed by atoms with E-state index in [2.05, 4.69) is 24.1 Å². The Labute approximate surface area is 123 Å². The Balaban J connectivity index is 2.83. The van der Waals surface area contributed by atoms with Gasteiger partial charge in [-0.25, -0.2) is 0 Å². The molecule has 0 radical (unpaired) electrons. The minimum absolute atomic E-state index is 0.0107. The smallest absolute Gasteiger partial charge is 0.382 e. The summed E-state index contributed by atoms with van der Waals surface area (Å²) in [5, 5.41) is 12.1. The Kier molecular flexibility index (Phi) is 6.03. The number of alkyl halides is 3. The fraction of sp³-hybridized carbons (Fsp3) is 0.533. The molecule has 1 aromatic carbocycles. The van der Waals surface area contributed by atoms with E-state index >= 15 is 0 Å². The van der Waals surface area contributed by atoms with Gasteiger partial charge in [0.15, 0.2) is 0 Å². The predicted octanol–water partition coefficient (Wildman–Crippen LogP) is 3.72. The van der Waals surface area contributed by atoms with Crippen molar-refractivity contribution in [3.8, 4) is 6.07 Å². The van der Waals surface area contributed by atoms with E-state index in [-0.39, 0.29) is 11.6 Å². The summed E-state index contributed by atoms with van der Waals surface area (Å²) in [5.74, 6) is 0. The first-order valence-electron chi connectivity index (χ1n) is 6.92. The van der Waals surface area contributed by atoms with Gasteiger partial charge in [0.2, 0.25) is 0 Å². The highest BCUT2D eigenvalue weighted by Crippen LogP contribution is 2.31. The standard InChI is InChI=1S/C15H20F3N3/c1-4-21(5-2)11(3)10-20-14-7-6-13(15(16,17)18)8-12(14)9-19/h6-8,11,20H,4-5,10H2,1-3H3. The number of nitriles is 1. The highest BCUT2D eigenvalue weighted by molar-refractivity contribution is 5.59. The van der Waals surface area contributed by atoms with E-state index in [4.69, 9.17) is 5.26 Å². The lowest BCUT2D eigenvalue weighted by Crippen LogP contribution is -2.37. The predicted molar refractivity (Wildman–Crippen MR) is 77.0 cm³/mol. The van der Waals surface area contributed by atoms with E-state index in [9.17, 15) is 13.2 Å². The maximum atomic E-state index is 12.6. The lowest BCUT2D eigenvalue weighted by Gasteiger charge is -2.27. The molecule has 0 amide bonds. The Hall–Kier alpha value is -1.74. The van der Waals surface area contributed by atoms with Crippen LogP contribution in [0.15, 0.2) is 18.2 Å².